The number of hydrogen-bond acceptors (Lipinski definition) is 7. The van der Waals surface area contributed by atoms with Crippen molar-refractivity contribution in [2.24, 2.45) is 0 Å². The number of aromatic nitrogens is 2. The third-order valence-corrected chi connectivity index (χ3v) is 8.11. The molecule has 0 N–H and O–H groups in total. The highest BCUT2D eigenvalue weighted by Gasteiger charge is 2.30. The molecule has 0 fully saturated rings. The molecule has 2 heterocycles. The first-order chi connectivity index (χ1) is 18.7. The Morgan fingerprint density at radius 2 is 1.41 bits per heavy atom. The number of hydrogen-bond donors (Lipinski definition) is 0. The van der Waals surface area contributed by atoms with Crippen LogP contribution in [0.4, 0.5) is 5.82 Å². The zero-order chi connectivity index (χ0) is 27.7. The summed E-state index contributed by atoms with van der Waals surface area (Å²) < 4.78 is 38.4. The van der Waals surface area contributed by atoms with Gasteiger partial charge in [-0.15, -0.1) is 0 Å². The third-order valence-electron chi connectivity index (χ3n) is 6.47. The number of fused-ring (bicyclic) bond motifs is 1. The minimum Gasteiger partial charge on any atom is -0.497 e. The van der Waals surface area contributed by atoms with Gasteiger partial charge < -0.3 is 19.6 Å². The maximum Gasteiger partial charge on any atom is 0.352 e. The van der Waals surface area contributed by atoms with E-state index in [1.54, 1.807) is 56.8 Å². The average molecular weight is 544 g/mol. The van der Waals surface area contributed by atoms with Gasteiger partial charge >= 0.3 is 5.82 Å². The molecular weight excluding hydrogens is 518 g/mol. The van der Waals surface area contributed by atoms with Gasteiger partial charge in [0.1, 0.15) is 23.4 Å². The Balaban J connectivity index is 1.73. The van der Waals surface area contributed by atoms with Gasteiger partial charge in [-0.25, -0.2) is 13.4 Å². The minimum atomic E-state index is -3.90. The smallest absolute Gasteiger partial charge is 0.352 e. The van der Waals surface area contributed by atoms with E-state index in [9.17, 15) is 18.5 Å². The van der Waals surface area contributed by atoms with E-state index >= 15 is 0 Å². The van der Waals surface area contributed by atoms with Crippen LogP contribution in [0.2, 0.25) is 0 Å². The van der Waals surface area contributed by atoms with Gasteiger partial charge in [-0.3, -0.25) is 0 Å². The Hall–Kier alpha value is -4.70. The van der Waals surface area contributed by atoms with Gasteiger partial charge in [-0.2, -0.15) is 4.40 Å². The molecule has 0 amide bonds. The van der Waals surface area contributed by atoms with Crippen molar-refractivity contribution >= 4 is 21.3 Å². The number of rotatable bonds is 8. The fourth-order valence-electron chi connectivity index (χ4n) is 4.40. The number of ether oxygens (including phenoxy) is 2. The summed E-state index contributed by atoms with van der Waals surface area (Å²) in [7, 11) is -0.762. The Labute approximate surface area is 225 Å². The summed E-state index contributed by atoms with van der Waals surface area (Å²) in [4.78, 5) is 16.4. The van der Waals surface area contributed by atoms with Crippen LogP contribution in [0.15, 0.2) is 90.0 Å². The van der Waals surface area contributed by atoms with Crippen LogP contribution >= 0.6 is 0 Å². The molecule has 39 heavy (non-hydrogen) atoms. The van der Waals surface area contributed by atoms with Crippen LogP contribution in [0.5, 0.6) is 11.5 Å². The van der Waals surface area contributed by atoms with Gasteiger partial charge in [0.25, 0.3) is 0 Å². The lowest BCUT2D eigenvalue weighted by atomic mass is 10.0. The second-order valence-corrected chi connectivity index (χ2v) is 11.0. The van der Waals surface area contributed by atoms with Gasteiger partial charge in [-0.1, -0.05) is 42.0 Å². The highest BCUT2D eigenvalue weighted by molar-refractivity contribution is 7.90. The van der Waals surface area contributed by atoms with Crippen LogP contribution in [-0.4, -0.2) is 36.9 Å². The maximum absolute atomic E-state index is 13.2. The Kier molecular flexibility index (Phi) is 6.80. The molecule has 0 saturated carbocycles. The number of aryl methyl sites for hydroxylation is 1. The van der Waals surface area contributed by atoms with Crippen molar-refractivity contribution < 1.29 is 22.8 Å². The molecule has 0 unspecified atom stereocenters. The lowest BCUT2D eigenvalue weighted by Gasteiger charge is -2.08. The van der Waals surface area contributed by atoms with Crippen LogP contribution in [0.3, 0.4) is 0 Å². The topological polar surface area (TPSA) is 113 Å². The standard InChI is InChI=1S/C29H25N3O6S/c1-19-4-14-25(15-5-19)39(35,36)18-27-29(32(33)34)31-17-22(20-6-10-23(37-2)11-7-20)16-26(28(31)30-27)21-8-12-24(38-3)13-9-21/h4-17H,18H2,1-3H3. The molecule has 3 aromatic carbocycles. The van der Waals surface area contributed by atoms with Crippen LogP contribution in [0, 0.1) is 17.0 Å². The molecule has 2 aromatic heterocycles. The van der Waals surface area contributed by atoms with Crippen molar-refractivity contribution in [2.45, 2.75) is 17.6 Å². The fourth-order valence-corrected chi connectivity index (χ4v) is 5.67. The summed E-state index contributed by atoms with van der Waals surface area (Å²) in [6, 6.07) is 22.8. The van der Waals surface area contributed by atoms with Gasteiger partial charge in [0.05, 0.1) is 19.1 Å². The van der Waals surface area contributed by atoms with E-state index in [0.717, 1.165) is 16.7 Å². The number of sulfone groups is 1. The highest BCUT2D eigenvalue weighted by Crippen LogP contribution is 2.36. The van der Waals surface area contributed by atoms with Gasteiger partial charge in [0.15, 0.2) is 15.5 Å². The molecule has 5 rings (SSSR count). The van der Waals surface area contributed by atoms with Gasteiger partial charge in [0, 0.05) is 11.1 Å². The molecule has 0 atom stereocenters. The molecule has 0 saturated heterocycles. The molecule has 10 heteroatoms. The quantitative estimate of drug-likeness (QED) is 0.177. The summed E-state index contributed by atoms with van der Waals surface area (Å²) in [5.41, 5.74) is 3.87. The predicted octanol–water partition coefficient (Wildman–Crippen LogP) is 5.88. The first-order valence-corrected chi connectivity index (χ1v) is 13.6. The minimum absolute atomic E-state index is 0.0775. The van der Waals surface area contributed by atoms with Crippen molar-refractivity contribution in [1.82, 2.24) is 9.38 Å². The molecule has 0 radical (unpaired) electrons. The van der Waals surface area contributed by atoms with Crippen LogP contribution in [0.1, 0.15) is 11.3 Å². The Bertz CT molecular complexity index is 1780. The number of nitrogens with zero attached hydrogens (tertiary/aromatic N) is 3. The molecule has 0 aliphatic rings. The highest BCUT2D eigenvalue weighted by atomic mass is 32.2. The largest absolute Gasteiger partial charge is 0.497 e. The molecule has 0 aliphatic heterocycles. The fraction of sp³-hybridized carbons (Fsp3) is 0.138. The van der Waals surface area contributed by atoms with Crippen molar-refractivity contribution in [3.8, 4) is 33.8 Å². The molecule has 5 aromatic rings. The average Bonchev–Trinajstić information content (AvgIpc) is 3.30. The monoisotopic (exact) mass is 543 g/mol. The van der Waals surface area contributed by atoms with Crippen molar-refractivity contribution in [3.63, 3.8) is 0 Å². The first kappa shape index (κ1) is 25.9. The summed E-state index contributed by atoms with van der Waals surface area (Å²) in [6.07, 6.45) is 1.61. The number of pyridine rings is 1. The number of imidazole rings is 1. The molecule has 0 aliphatic carbocycles. The van der Waals surface area contributed by atoms with Gasteiger partial charge in [0.2, 0.25) is 5.65 Å². The van der Waals surface area contributed by atoms with Crippen LogP contribution < -0.4 is 9.47 Å². The lowest BCUT2D eigenvalue weighted by Crippen LogP contribution is -2.07. The normalized spacial score (nSPS) is 11.5. The predicted molar refractivity (Wildman–Crippen MR) is 148 cm³/mol. The molecule has 0 bridgehead atoms. The molecule has 9 nitrogen and oxygen atoms in total. The SMILES string of the molecule is COc1ccc(-c2cc(-c3ccc(OC)cc3)c3nc(CS(=O)(=O)c4ccc(C)cc4)c([N+](=O)[O-])n3c2)cc1. The Morgan fingerprint density at radius 1 is 0.846 bits per heavy atom. The van der Waals surface area contributed by atoms with Gasteiger partial charge in [-0.05, 0) is 65.4 Å². The van der Waals surface area contributed by atoms with Crippen LogP contribution in [-0.2, 0) is 15.6 Å². The summed E-state index contributed by atoms with van der Waals surface area (Å²) in [5, 5.41) is 12.3. The zero-order valence-electron chi connectivity index (χ0n) is 21.5. The molecule has 198 valence electrons. The summed E-state index contributed by atoms with van der Waals surface area (Å²) in [5.74, 6) is 0.312. The Morgan fingerprint density at radius 3 is 1.95 bits per heavy atom. The number of benzene rings is 3. The van der Waals surface area contributed by atoms with E-state index in [4.69, 9.17) is 9.47 Å². The van der Waals surface area contributed by atoms with E-state index < -0.39 is 26.3 Å². The number of methoxy groups -OCH3 is 2. The van der Waals surface area contributed by atoms with E-state index in [2.05, 4.69) is 4.98 Å². The third kappa shape index (κ3) is 5.06. The van der Waals surface area contributed by atoms with E-state index in [-0.39, 0.29) is 16.2 Å². The maximum atomic E-state index is 13.2. The van der Waals surface area contributed by atoms with E-state index in [1.807, 2.05) is 37.3 Å². The lowest BCUT2D eigenvalue weighted by molar-refractivity contribution is -0.391. The summed E-state index contributed by atoms with van der Waals surface area (Å²) in [6.45, 7) is 1.85. The van der Waals surface area contributed by atoms with Crippen molar-refractivity contribution in [3.05, 3.63) is 106 Å². The zero-order valence-corrected chi connectivity index (χ0v) is 22.3. The van der Waals surface area contributed by atoms with E-state index in [1.165, 1.54) is 16.5 Å². The second-order valence-electron chi connectivity index (χ2n) is 9.00. The van der Waals surface area contributed by atoms with Crippen LogP contribution in [0.25, 0.3) is 27.9 Å². The van der Waals surface area contributed by atoms with E-state index in [0.29, 0.717) is 22.6 Å². The van der Waals surface area contributed by atoms with Crippen molar-refractivity contribution in [1.29, 1.82) is 0 Å². The second kappa shape index (κ2) is 10.2. The van der Waals surface area contributed by atoms with Crippen molar-refractivity contribution in [2.75, 3.05) is 14.2 Å². The molecular formula is C29H25N3O6S. The summed E-state index contributed by atoms with van der Waals surface area (Å²) >= 11 is 0. The first-order valence-electron chi connectivity index (χ1n) is 12.0. The molecule has 0 spiro atoms. The number of nitro groups is 1.